The van der Waals surface area contributed by atoms with Crippen LogP contribution >= 0.6 is 0 Å². The largest absolute Gasteiger partial charge is 0.476 e. The lowest BCUT2D eigenvalue weighted by molar-refractivity contribution is -0.174. The number of halogens is 3. The summed E-state index contributed by atoms with van der Waals surface area (Å²) < 4.78 is 45.3. The summed E-state index contributed by atoms with van der Waals surface area (Å²) in [7, 11) is 0. The molecule has 112 valence electrons. The third-order valence-corrected chi connectivity index (χ3v) is 3.30. The van der Waals surface area contributed by atoms with Gasteiger partial charge in [0.2, 0.25) is 0 Å². The zero-order chi connectivity index (χ0) is 15.2. The Balaban J connectivity index is 2.03. The van der Waals surface area contributed by atoms with Crippen LogP contribution in [0.2, 0.25) is 0 Å². The number of alkyl halides is 3. The van der Waals surface area contributed by atoms with Gasteiger partial charge in [-0.15, -0.1) is 0 Å². The van der Waals surface area contributed by atoms with Crippen molar-refractivity contribution in [2.45, 2.75) is 24.7 Å². The number of carboxylic acids is 1. The van der Waals surface area contributed by atoms with Crippen molar-refractivity contribution in [3.8, 4) is 0 Å². The molecule has 0 aliphatic carbocycles. The minimum Gasteiger partial charge on any atom is -0.476 e. The summed E-state index contributed by atoms with van der Waals surface area (Å²) in [6, 6.07) is 1.62. The van der Waals surface area contributed by atoms with Gasteiger partial charge in [0, 0.05) is 12.5 Å². The minimum absolute atomic E-state index is 0.00220. The molecule has 0 aromatic carbocycles. The van der Waals surface area contributed by atoms with E-state index in [1.807, 2.05) is 0 Å². The molecule has 9 heteroatoms. The molecular weight excluding hydrogens is 291 g/mol. The zero-order valence-corrected chi connectivity index (χ0v) is 10.5. The standard InChI is InChI=1S/C12H10F3N3O3/c13-12(14,15)9-4-6(8-2-1-3-21-8)16-10-5-7(11(19)20)17-18(9)10/h1-3,5-6,9,16H,4H2,(H,19,20)/t6-,9-/m0/s1. The van der Waals surface area contributed by atoms with E-state index in [4.69, 9.17) is 9.52 Å². The maximum Gasteiger partial charge on any atom is 0.410 e. The van der Waals surface area contributed by atoms with Crippen molar-refractivity contribution in [1.29, 1.82) is 0 Å². The molecule has 1 aliphatic heterocycles. The van der Waals surface area contributed by atoms with E-state index >= 15 is 0 Å². The lowest BCUT2D eigenvalue weighted by Gasteiger charge is -2.32. The minimum atomic E-state index is -4.54. The summed E-state index contributed by atoms with van der Waals surface area (Å²) in [5.74, 6) is -1.02. The molecule has 3 heterocycles. The first-order valence-electron chi connectivity index (χ1n) is 6.06. The van der Waals surface area contributed by atoms with Crippen molar-refractivity contribution in [3.05, 3.63) is 35.9 Å². The van der Waals surface area contributed by atoms with Crippen molar-refractivity contribution >= 4 is 11.8 Å². The average molecular weight is 301 g/mol. The van der Waals surface area contributed by atoms with E-state index < -0.39 is 29.9 Å². The second kappa shape index (κ2) is 4.54. The van der Waals surface area contributed by atoms with Gasteiger partial charge in [-0.05, 0) is 12.1 Å². The van der Waals surface area contributed by atoms with Crippen LogP contribution in [0.4, 0.5) is 19.0 Å². The average Bonchev–Trinajstić information content (AvgIpc) is 3.05. The Morgan fingerprint density at radius 3 is 2.86 bits per heavy atom. The first-order valence-corrected chi connectivity index (χ1v) is 6.06. The van der Waals surface area contributed by atoms with Gasteiger partial charge in [0.1, 0.15) is 11.6 Å². The maximum atomic E-state index is 13.2. The van der Waals surface area contributed by atoms with Gasteiger partial charge in [-0.1, -0.05) is 0 Å². The SMILES string of the molecule is O=C(O)c1cc2n(n1)[C@H](C(F)(F)F)C[C@@H](c1ccco1)N2. The molecule has 0 amide bonds. The molecule has 0 fully saturated rings. The van der Waals surface area contributed by atoms with Gasteiger partial charge in [-0.25, -0.2) is 9.48 Å². The van der Waals surface area contributed by atoms with E-state index in [9.17, 15) is 18.0 Å². The Hall–Kier alpha value is -2.45. The number of carboxylic acid groups (broad SMARTS) is 1. The number of carbonyl (C=O) groups is 1. The number of hydrogen-bond acceptors (Lipinski definition) is 4. The number of aromatic carboxylic acids is 1. The second-order valence-electron chi connectivity index (χ2n) is 4.67. The first-order chi connectivity index (χ1) is 9.86. The summed E-state index contributed by atoms with van der Waals surface area (Å²) >= 11 is 0. The predicted octanol–water partition coefficient (Wildman–Crippen LogP) is 2.83. The topological polar surface area (TPSA) is 80.3 Å². The van der Waals surface area contributed by atoms with Gasteiger partial charge in [0.25, 0.3) is 0 Å². The van der Waals surface area contributed by atoms with Gasteiger partial charge >= 0.3 is 12.1 Å². The Morgan fingerprint density at radius 1 is 1.52 bits per heavy atom. The van der Waals surface area contributed by atoms with Crippen LogP contribution in [-0.4, -0.2) is 27.0 Å². The predicted molar refractivity (Wildman–Crippen MR) is 64.0 cm³/mol. The highest BCUT2D eigenvalue weighted by Gasteiger charge is 2.47. The molecule has 2 aromatic heterocycles. The normalized spacial score (nSPS) is 21.7. The molecule has 2 N–H and O–H groups in total. The third kappa shape index (κ3) is 2.34. The van der Waals surface area contributed by atoms with Crippen molar-refractivity contribution in [3.63, 3.8) is 0 Å². The zero-order valence-electron chi connectivity index (χ0n) is 10.5. The quantitative estimate of drug-likeness (QED) is 0.891. The van der Waals surface area contributed by atoms with Crippen LogP contribution in [0.3, 0.4) is 0 Å². The Morgan fingerprint density at radius 2 is 2.29 bits per heavy atom. The van der Waals surface area contributed by atoms with E-state index in [2.05, 4.69) is 10.4 Å². The fourth-order valence-corrected chi connectivity index (χ4v) is 2.35. The number of rotatable bonds is 2. The molecule has 0 radical (unpaired) electrons. The Bertz CT molecular complexity index is 663. The molecule has 21 heavy (non-hydrogen) atoms. The lowest BCUT2D eigenvalue weighted by atomic mass is 10.0. The summed E-state index contributed by atoms with van der Waals surface area (Å²) in [5, 5.41) is 15.2. The molecule has 0 spiro atoms. The fraction of sp³-hybridized carbons (Fsp3) is 0.333. The molecule has 2 aromatic rings. The van der Waals surface area contributed by atoms with Gasteiger partial charge in [0.15, 0.2) is 11.7 Å². The highest BCUT2D eigenvalue weighted by Crippen LogP contribution is 2.43. The molecule has 3 rings (SSSR count). The number of aromatic nitrogens is 2. The third-order valence-electron chi connectivity index (χ3n) is 3.30. The molecule has 0 saturated heterocycles. The Labute approximate surface area is 116 Å². The smallest absolute Gasteiger partial charge is 0.410 e. The van der Waals surface area contributed by atoms with Gasteiger partial charge < -0.3 is 14.8 Å². The van der Waals surface area contributed by atoms with Gasteiger partial charge in [-0.2, -0.15) is 18.3 Å². The second-order valence-corrected chi connectivity index (χ2v) is 4.67. The van der Waals surface area contributed by atoms with E-state index in [1.54, 1.807) is 12.1 Å². The Kier molecular flexibility index (Phi) is 2.92. The summed E-state index contributed by atoms with van der Waals surface area (Å²) in [6.07, 6.45) is -3.50. The molecule has 2 atom stereocenters. The molecule has 1 aliphatic rings. The van der Waals surface area contributed by atoms with Crippen LogP contribution in [0.1, 0.15) is 34.8 Å². The summed E-state index contributed by atoms with van der Waals surface area (Å²) in [5.41, 5.74) is -0.438. The number of fused-ring (bicyclic) bond motifs is 1. The van der Waals surface area contributed by atoms with E-state index in [0.29, 0.717) is 10.4 Å². The molecule has 0 unspecified atom stereocenters. The lowest BCUT2D eigenvalue weighted by Crippen LogP contribution is -2.35. The van der Waals surface area contributed by atoms with Crippen LogP contribution in [0, 0.1) is 0 Å². The van der Waals surface area contributed by atoms with Crippen molar-refractivity contribution in [1.82, 2.24) is 9.78 Å². The van der Waals surface area contributed by atoms with Crippen LogP contribution in [0.5, 0.6) is 0 Å². The number of furan rings is 1. The van der Waals surface area contributed by atoms with Crippen molar-refractivity contribution in [2.24, 2.45) is 0 Å². The number of nitrogens with one attached hydrogen (secondary N) is 1. The summed E-state index contributed by atoms with van der Waals surface area (Å²) in [6.45, 7) is 0. The molecule has 0 bridgehead atoms. The van der Waals surface area contributed by atoms with Crippen molar-refractivity contribution < 1.29 is 27.5 Å². The molecule has 6 nitrogen and oxygen atoms in total. The summed E-state index contributed by atoms with van der Waals surface area (Å²) in [4.78, 5) is 10.9. The number of nitrogens with zero attached hydrogens (tertiary/aromatic N) is 2. The van der Waals surface area contributed by atoms with E-state index in [0.717, 1.165) is 6.07 Å². The highest BCUT2D eigenvalue weighted by atomic mass is 19.4. The monoisotopic (exact) mass is 301 g/mol. The van der Waals surface area contributed by atoms with Gasteiger partial charge in [-0.3, -0.25) is 0 Å². The number of anilines is 1. The number of hydrogen-bond donors (Lipinski definition) is 2. The molecule has 0 saturated carbocycles. The van der Waals surface area contributed by atoms with Crippen LogP contribution < -0.4 is 5.32 Å². The van der Waals surface area contributed by atoms with Crippen LogP contribution in [0.15, 0.2) is 28.9 Å². The van der Waals surface area contributed by atoms with Gasteiger partial charge in [0.05, 0.1) is 12.3 Å². The van der Waals surface area contributed by atoms with Crippen molar-refractivity contribution in [2.75, 3.05) is 5.32 Å². The highest BCUT2D eigenvalue weighted by molar-refractivity contribution is 5.86. The molecular formula is C12H10F3N3O3. The maximum absolute atomic E-state index is 13.2. The van der Waals surface area contributed by atoms with Crippen LogP contribution in [-0.2, 0) is 0 Å². The fourth-order valence-electron chi connectivity index (χ4n) is 2.35. The van der Waals surface area contributed by atoms with E-state index in [1.165, 1.54) is 6.26 Å². The van der Waals surface area contributed by atoms with Crippen LogP contribution in [0.25, 0.3) is 0 Å². The first kappa shape index (κ1) is 13.5. The van der Waals surface area contributed by atoms with E-state index in [-0.39, 0.29) is 12.2 Å².